The van der Waals surface area contributed by atoms with Crippen LogP contribution in [0.15, 0.2) is 41.3 Å². The maximum atomic E-state index is 12.1. The second-order valence-electron chi connectivity index (χ2n) is 5.00. The fourth-order valence-electron chi connectivity index (χ4n) is 2.26. The highest BCUT2D eigenvalue weighted by Gasteiger charge is 2.13. The summed E-state index contributed by atoms with van der Waals surface area (Å²) in [6, 6.07) is 8.91. The molecule has 0 spiro atoms. The van der Waals surface area contributed by atoms with E-state index in [1.165, 1.54) is 17.8 Å². The van der Waals surface area contributed by atoms with Crippen LogP contribution >= 0.6 is 0 Å². The Morgan fingerprint density at radius 3 is 2.60 bits per heavy atom. The highest BCUT2D eigenvalue weighted by molar-refractivity contribution is 5.94. The summed E-state index contributed by atoms with van der Waals surface area (Å²) in [6.07, 6.45) is 1.47. The van der Waals surface area contributed by atoms with Crippen LogP contribution in [0.1, 0.15) is 40.0 Å². The Kier molecular flexibility index (Phi) is 4.03. The molecule has 0 radical (unpaired) electrons. The summed E-state index contributed by atoms with van der Waals surface area (Å²) in [5, 5.41) is 2.91. The van der Waals surface area contributed by atoms with Crippen LogP contribution in [-0.4, -0.2) is 10.9 Å². The van der Waals surface area contributed by atoms with E-state index in [1.807, 2.05) is 32.9 Å². The smallest absolute Gasteiger partial charge is 0.252 e. The number of carbonyl (C=O) groups excluding carboxylic acids is 1. The Bertz CT molecular complexity index is 689. The van der Waals surface area contributed by atoms with Crippen molar-refractivity contribution in [3.05, 3.63) is 69.1 Å². The van der Waals surface area contributed by atoms with Gasteiger partial charge in [0.25, 0.3) is 5.91 Å². The molecule has 104 valence electrons. The van der Waals surface area contributed by atoms with Crippen LogP contribution in [0, 0.1) is 13.8 Å². The molecule has 0 fully saturated rings. The molecule has 1 aromatic carbocycles. The number of carbonyl (C=O) groups is 1. The zero-order valence-electron chi connectivity index (χ0n) is 11.9. The zero-order valence-corrected chi connectivity index (χ0v) is 11.9. The summed E-state index contributed by atoms with van der Waals surface area (Å²) >= 11 is 0. The number of hydrogen-bond acceptors (Lipinski definition) is 2. The fraction of sp³-hybridized carbons (Fsp3) is 0.250. The zero-order chi connectivity index (χ0) is 14.7. The molecule has 1 aromatic heterocycles. The van der Waals surface area contributed by atoms with Crippen molar-refractivity contribution in [2.75, 3.05) is 0 Å². The Hall–Kier alpha value is -2.36. The molecule has 1 amide bonds. The number of amides is 1. The number of pyridine rings is 1. The predicted octanol–water partition coefficient (Wildman–Crippen LogP) is 2.48. The average Bonchev–Trinajstić information content (AvgIpc) is 2.38. The summed E-state index contributed by atoms with van der Waals surface area (Å²) in [5.74, 6) is -0.247. The monoisotopic (exact) mass is 270 g/mol. The number of rotatable bonds is 3. The van der Waals surface area contributed by atoms with Gasteiger partial charge in [-0.1, -0.05) is 23.8 Å². The minimum atomic E-state index is -0.281. The molecule has 4 nitrogen and oxygen atoms in total. The quantitative estimate of drug-likeness (QED) is 0.900. The van der Waals surface area contributed by atoms with E-state index in [9.17, 15) is 9.59 Å². The SMILES string of the molecule is Cc1ccc(C(C)NC(=O)c2cc[nH]c(=O)c2)c(C)c1. The molecular weight excluding hydrogens is 252 g/mol. The largest absolute Gasteiger partial charge is 0.346 e. The fourth-order valence-corrected chi connectivity index (χ4v) is 2.26. The lowest BCUT2D eigenvalue weighted by molar-refractivity contribution is 0.0939. The highest BCUT2D eigenvalue weighted by atomic mass is 16.2. The van der Waals surface area contributed by atoms with E-state index in [0.717, 1.165) is 11.1 Å². The van der Waals surface area contributed by atoms with Crippen LogP contribution in [0.5, 0.6) is 0 Å². The van der Waals surface area contributed by atoms with Crippen molar-refractivity contribution in [2.45, 2.75) is 26.8 Å². The van der Waals surface area contributed by atoms with Gasteiger partial charge in [-0.05, 0) is 38.0 Å². The van der Waals surface area contributed by atoms with Crippen LogP contribution in [0.4, 0.5) is 0 Å². The first kappa shape index (κ1) is 14.1. The first-order valence-corrected chi connectivity index (χ1v) is 6.54. The molecule has 1 atom stereocenters. The van der Waals surface area contributed by atoms with E-state index >= 15 is 0 Å². The second kappa shape index (κ2) is 5.74. The van der Waals surface area contributed by atoms with E-state index in [2.05, 4.69) is 16.4 Å². The van der Waals surface area contributed by atoms with E-state index < -0.39 is 0 Å². The molecule has 2 rings (SSSR count). The van der Waals surface area contributed by atoms with Crippen LogP contribution in [0.25, 0.3) is 0 Å². The highest BCUT2D eigenvalue weighted by Crippen LogP contribution is 2.18. The predicted molar refractivity (Wildman–Crippen MR) is 78.9 cm³/mol. The lowest BCUT2D eigenvalue weighted by Gasteiger charge is -2.17. The van der Waals surface area contributed by atoms with Crippen LogP contribution in [0.3, 0.4) is 0 Å². The van der Waals surface area contributed by atoms with Gasteiger partial charge in [-0.15, -0.1) is 0 Å². The molecule has 4 heteroatoms. The summed E-state index contributed by atoms with van der Waals surface area (Å²) < 4.78 is 0. The minimum absolute atomic E-state index is 0.109. The standard InChI is InChI=1S/C16H18N2O2/c1-10-4-5-14(11(2)8-10)12(3)18-16(20)13-6-7-17-15(19)9-13/h4-9,12H,1-3H3,(H,17,19)(H,18,20). The van der Waals surface area contributed by atoms with Crippen molar-refractivity contribution in [2.24, 2.45) is 0 Å². The molecular formula is C16H18N2O2. The number of aromatic amines is 1. The number of aryl methyl sites for hydroxylation is 2. The third-order valence-corrected chi connectivity index (χ3v) is 3.28. The van der Waals surface area contributed by atoms with Crippen molar-refractivity contribution in [1.82, 2.24) is 10.3 Å². The van der Waals surface area contributed by atoms with Gasteiger partial charge in [0.15, 0.2) is 0 Å². The molecule has 0 bridgehead atoms. The van der Waals surface area contributed by atoms with Gasteiger partial charge in [0, 0.05) is 17.8 Å². The summed E-state index contributed by atoms with van der Waals surface area (Å²) in [5.41, 5.74) is 3.50. The number of nitrogens with one attached hydrogen (secondary N) is 2. The summed E-state index contributed by atoms with van der Waals surface area (Å²) in [7, 11) is 0. The number of aromatic nitrogens is 1. The van der Waals surface area contributed by atoms with Crippen molar-refractivity contribution in [1.29, 1.82) is 0 Å². The molecule has 0 saturated heterocycles. The Morgan fingerprint density at radius 1 is 1.20 bits per heavy atom. The van der Waals surface area contributed by atoms with E-state index in [-0.39, 0.29) is 17.5 Å². The lowest BCUT2D eigenvalue weighted by Crippen LogP contribution is -2.28. The number of benzene rings is 1. The number of H-pyrrole nitrogens is 1. The van der Waals surface area contributed by atoms with Gasteiger partial charge >= 0.3 is 0 Å². The van der Waals surface area contributed by atoms with Crippen LogP contribution in [-0.2, 0) is 0 Å². The molecule has 1 unspecified atom stereocenters. The van der Waals surface area contributed by atoms with Crippen molar-refractivity contribution < 1.29 is 4.79 Å². The van der Waals surface area contributed by atoms with Gasteiger partial charge in [-0.2, -0.15) is 0 Å². The normalized spacial score (nSPS) is 11.9. The average molecular weight is 270 g/mol. The Balaban J connectivity index is 2.17. The van der Waals surface area contributed by atoms with Crippen LogP contribution < -0.4 is 10.9 Å². The van der Waals surface area contributed by atoms with Gasteiger partial charge in [0.1, 0.15) is 0 Å². The van der Waals surface area contributed by atoms with Crippen LogP contribution in [0.2, 0.25) is 0 Å². The minimum Gasteiger partial charge on any atom is -0.346 e. The first-order valence-electron chi connectivity index (χ1n) is 6.54. The first-order chi connectivity index (χ1) is 9.47. The molecule has 20 heavy (non-hydrogen) atoms. The molecule has 1 heterocycles. The summed E-state index contributed by atoms with van der Waals surface area (Å²) in [6.45, 7) is 6.00. The third-order valence-electron chi connectivity index (χ3n) is 3.28. The molecule has 2 N–H and O–H groups in total. The van der Waals surface area contributed by atoms with Gasteiger partial charge in [-0.3, -0.25) is 9.59 Å². The second-order valence-corrected chi connectivity index (χ2v) is 5.00. The maximum Gasteiger partial charge on any atom is 0.252 e. The molecule has 0 saturated carbocycles. The Labute approximate surface area is 117 Å². The van der Waals surface area contributed by atoms with Crippen molar-refractivity contribution in [3.63, 3.8) is 0 Å². The molecule has 0 aliphatic heterocycles. The molecule has 0 aliphatic carbocycles. The van der Waals surface area contributed by atoms with E-state index in [4.69, 9.17) is 0 Å². The number of hydrogen-bond donors (Lipinski definition) is 2. The van der Waals surface area contributed by atoms with Gasteiger partial charge in [0.05, 0.1) is 6.04 Å². The van der Waals surface area contributed by atoms with E-state index in [0.29, 0.717) is 5.56 Å². The third kappa shape index (κ3) is 3.15. The van der Waals surface area contributed by atoms with Gasteiger partial charge in [-0.25, -0.2) is 0 Å². The van der Waals surface area contributed by atoms with E-state index in [1.54, 1.807) is 6.07 Å². The van der Waals surface area contributed by atoms with Crippen molar-refractivity contribution in [3.8, 4) is 0 Å². The van der Waals surface area contributed by atoms with Gasteiger partial charge < -0.3 is 10.3 Å². The Morgan fingerprint density at radius 2 is 1.95 bits per heavy atom. The van der Waals surface area contributed by atoms with Crippen molar-refractivity contribution >= 4 is 5.91 Å². The lowest BCUT2D eigenvalue weighted by atomic mass is 10.00. The molecule has 2 aromatic rings. The topological polar surface area (TPSA) is 62.0 Å². The van der Waals surface area contributed by atoms with Gasteiger partial charge in [0.2, 0.25) is 5.56 Å². The maximum absolute atomic E-state index is 12.1. The molecule has 0 aliphatic rings. The summed E-state index contributed by atoms with van der Waals surface area (Å²) in [4.78, 5) is 25.8.